The maximum atomic E-state index is 11.2. The van der Waals surface area contributed by atoms with E-state index in [0.717, 1.165) is 0 Å². The lowest BCUT2D eigenvalue weighted by Gasteiger charge is -2.05. The normalized spacial score (nSPS) is 9.76. The molecule has 0 saturated carbocycles. The molecule has 0 unspecified atom stereocenters. The minimum atomic E-state index is -0.284. The van der Waals surface area contributed by atoms with Crippen molar-refractivity contribution in [3.8, 4) is 0 Å². The Morgan fingerprint density at radius 3 is 2.41 bits per heavy atom. The first kappa shape index (κ1) is 15.6. The number of ketones is 1. The van der Waals surface area contributed by atoms with Gasteiger partial charge in [-0.1, -0.05) is 6.92 Å². The Morgan fingerprint density at radius 1 is 1.12 bits per heavy atom. The molecule has 1 amide bonds. The van der Waals surface area contributed by atoms with Crippen LogP contribution in [-0.2, 0) is 19.1 Å². The van der Waals surface area contributed by atoms with Gasteiger partial charge in [0.15, 0.2) is 0 Å². The molecule has 0 rings (SSSR count). The molecule has 0 fully saturated rings. The molecule has 0 aromatic rings. The van der Waals surface area contributed by atoms with Gasteiger partial charge in [0, 0.05) is 25.8 Å². The number of esters is 1. The van der Waals surface area contributed by atoms with Crippen molar-refractivity contribution in [1.82, 2.24) is 5.32 Å². The lowest BCUT2D eigenvalue weighted by atomic mass is 10.2. The van der Waals surface area contributed by atoms with Gasteiger partial charge in [0.1, 0.15) is 5.78 Å². The standard InChI is InChI=1S/C12H21NO4/c1-3-11(15)13-8-5-9-17-12(16)7-4-6-10(2)14/h3-9H2,1-2H3,(H,13,15). The van der Waals surface area contributed by atoms with Crippen LogP contribution in [0.3, 0.4) is 0 Å². The van der Waals surface area contributed by atoms with Gasteiger partial charge in [-0.2, -0.15) is 0 Å². The number of carbonyl (C=O) groups is 3. The third-order valence-corrected chi connectivity index (χ3v) is 2.14. The van der Waals surface area contributed by atoms with Crippen LogP contribution in [0, 0.1) is 0 Å². The summed E-state index contributed by atoms with van der Waals surface area (Å²) in [6, 6.07) is 0. The van der Waals surface area contributed by atoms with Crippen LogP contribution in [0.1, 0.15) is 46.0 Å². The molecule has 0 radical (unpaired) electrons. The quantitative estimate of drug-likeness (QED) is 0.488. The number of amides is 1. The number of hydrogen-bond acceptors (Lipinski definition) is 4. The van der Waals surface area contributed by atoms with Crippen molar-refractivity contribution >= 4 is 17.7 Å². The van der Waals surface area contributed by atoms with Crippen LogP contribution in [0.25, 0.3) is 0 Å². The van der Waals surface area contributed by atoms with E-state index in [9.17, 15) is 14.4 Å². The maximum Gasteiger partial charge on any atom is 0.305 e. The van der Waals surface area contributed by atoms with E-state index in [1.165, 1.54) is 6.92 Å². The van der Waals surface area contributed by atoms with E-state index >= 15 is 0 Å². The fourth-order valence-electron chi connectivity index (χ4n) is 1.16. The number of carbonyl (C=O) groups excluding carboxylic acids is 3. The van der Waals surface area contributed by atoms with Crippen molar-refractivity contribution in [2.24, 2.45) is 0 Å². The minimum Gasteiger partial charge on any atom is -0.466 e. The molecule has 0 aliphatic rings. The molecule has 0 saturated heterocycles. The molecular formula is C12H21NO4. The number of rotatable bonds is 9. The van der Waals surface area contributed by atoms with Gasteiger partial charge in [-0.25, -0.2) is 0 Å². The summed E-state index contributed by atoms with van der Waals surface area (Å²) in [4.78, 5) is 32.6. The molecule has 0 atom stereocenters. The number of hydrogen-bond donors (Lipinski definition) is 1. The zero-order chi connectivity index (χ0) is 13.1. The van der Waals surface area contributed by atoms with Crippen molar-refractivity contribution < 1.29 is 19.1 Å². The summed E-state index contributed by atoms with van der Waals surface area (Å²) in [6.07, 6.45) is 2.32. The maximum absolute atomic E-state index is 11.2. The number of nitrogens with one attached hydrogen (secondary N) is 1. The molecule has 0 spiro atoms. The lowest BCUT2D eigenvalue weighted by molar-refractivity contribution is -0.143. The molecule has 0 bridgehead atoms. The molecule has 98 valence electrons. The summed E-state index contributed by atoms with van der Waals surface area (Å²) in [6.45, 7) is 4.11. The molecule has 0 aliphatic heterocycles. The first-order valence-electron chi connectivity index (χ1n) is 5.98. The Morgan fingerprint density at radius 2 is 1.82 bits per heavy atom. The van der Waals surface area contributed by atoms with E-state index in [4.69, 9.17) is 4.74 Å². The Labute approximate surface area is 102 Å². The third-order valence-electron chi connectivity index (χ3n) is 2.14. The van der Waals surface area contributed by atoms with E-state index in [-0.39, 0.29) is 24.1 Å². The Hall–Kier alpha value is -1.39. The zero-order valence-electron chi connectivity index (χ0n) is 10.6. The second kappa shape index (κ2) is 9.81. The highest BCUT2D eigenvalue weighted by Crippen LogP contribution is 1.98. The molecule has 17 heavy (non-hydrogen) atoms. The molecule has 0 heterocycles. The largest absolute Gasteiger partial charge is 0.466 e. The van der Waals surface area contributed by atoms with E-state index in [2.05, 4.69) is 5.32 Å². The van der Waals surface area contributed by atoms with E-state index in [0.29, 0.717) is 38.8 Å². The van der Waals surface area contributed by atoms with E-state index < -0.39 is 0 Å². The summed E-state index contributed by atoms with van der Waals surface area (Å²) in [7, 11) is 0. The Kier molecular flexibility index (Phi) is 9.01. The molecule has 5 heteroatoms. The lowest BCUT2D eigenvalue weighted by Crippen LogP contribution is -2.24. The van der Waals surface area contributed by atoms with Crippen LogP contribution in [0.4, 0.5) is 0 Å². The topological polar surface area (TPSA) is 72.5 Å². The summed E-state index contributed by atoms with van der Waals surface area (Å²) < 4.78 is 4.94. The van der Waals surface area contributed by atoms with Gasteiger partial charge in [0.05, 0.1) is 6.61 Å². The van der Waals surface area contributed by atoms with Crippen LogP contribution in [0.15, 0.2) is 0 Å². The van der Waals surface area contributed by atoms with Gasteiger partial charge in [-0.3, -0.25) is 9.59 Å². The third kappa shape index (κ3) is 10.9. The van der Waals surface area contributed by atoms with Crippen molar-refractivity contribution in [2.45, 2.75) is 46.0 Å². The number of ether oxygens (including phenoxy) is 1. The Balaban J connectivity index is 3.33. The van der Waals surface area contributed by atoms with Gasteiger partial charge in [-0.15, -0.1) is 0 Å². The van der Waals surface area contributed by atoms with Crippen LogP contribution in [0.5, 0.6) is 0 Å². The van der Waals surface area contributed by atoms with E-state index in [1.807, 2.05) is 0 Å². The average molecular weight is 243 g/mol. The predicted octanol–water partition coefficient (Wildman–Crippen LogP) is 1.21. The molecule has 0 aliphatic carbocycles. The summed E-state index contributed by atoms with van der Waals surface area (Å²) in [5.74, 6) is -0.203. The highest BCUT2D eigenvalue weighted by molar-refractivity contribution is 5.76. The van der Waals surface area contributed by atoms with Crippen molar-refractivity contribution in [1.29, 1.82) is 0 Å². The van der Waals surface area contributed by atoms with Gasteiger partial charge >= 0.3 is 5.97 Å². The monoisotopic (exact) mass is 243 g/mol. The van der Waals surface area contributed by atoms with E-state index in [1.54, 1.807) is 6.92 Å². The average Bonchev–Trinajstić information content (AvgIpc) is 2.27. The minimum absolute atomic E-state index is 0.00205. The highest BCUT2D eigenvalue weighted by atomic mass is 16.5. The summed E-state index contributed by atoms with van der Waals surface area (Å²) in [5, 5.41) is 2.69. The van der Waals surface area contributed by atoms with Gasteiger partial charge in [0.25, 0.3) is 0 Å². The van der Waals surface area contributed by atoms with Crippen LogP contribution in [0.2, 0.25) is 0 Å². The molecule has 5 nitrogen and oxygen atoms in total. The fourth-order valence-corrected chi connectivity index (χ4v) is 1.16. The highest BCUT2D eigenvalue weighted by Gasteiger charge is 2.03. The molecule has 0 aromatic heterocycles. The first-order valence-corrected chi connectivity index (χ1v) is 5.98. The van der Waals surface area contributed by atoms with Crippen molar-refractivity contribution in [3.05, 3.63) is 0 Å². The predicted molar refractivity (Wildman–Crippen MR) is 63.4 cm³/mol. The summed E-state index contributed by atoms with van der Waals surface area (Å²) in [5.41, 5.74) is 0. The number of Topliss-reactive ketones (excluding diaryl/α,β-unsaturated/α-hetero) is 1. The van der Waals surface area contributed by atoms with Crippen LogP contribution in [-0.4, -0.2) is 30.8 Å². The van der Waals surface area contributed by atoms with Crippen LogP contribution >= 0.6 is 0 Å². The van der Waals surface area contributed by atoms with Crippen molar-refractivity contribution in [3.63, 3.8) is 0 Å². The fraction of sp³-hybridized carbons (Fsp3) is 0.750. The van der Waals surface area contributed by atoms with Crippen LogP contribution < -0.4 is 5.32 Å². The second-order valence-corrected chi connectivity index (χ2v) is 3.83. The smallest absolute Gasteiger partial charge is 0.305 e. The zero-order valence-corrected chi connectivity index (χ0v) is 10.6. The Bertz CT molecular complexity index is 263. The van der Waals surface area contributed by atoms with Gasteiger partial charge in [0.2, 0.25) is 5.91 Å². The first-order chi connectivity index (χ1) is 8.06. The van der Waals surface area contributed by atoms with Gasteiger partial charge < -0.3 is 14.8 Å². The SMILES string of the molecule is CCC(=O)NCCCOC(=O)CCCC(C)=O. The van der Waals surface area contributed by atoms with Gasteiger partial charge in [-0.05, 0) is 19.8 Å². The van der Waals surface area contributed by atoms with Crippen molar-refractivity contribution in [2.75, 3.05) is 13.2 Å². The molecular weight excluding hydrogens is 222 g/mol. The summed E-state index contributed by atoms with van der Waals surface area (Å²) >= 11 is 0. The second-order valence-electron chi connectivity index (χ2n) is 3.83. The molecule has 1 N–H and O–H groups in total. The molecule has 0 aromatic carbocycles.